The normalized spacial score (nSPS) is 13.0. The van der Waals surface area contributed by atoms with Crippen LogP contribution in [0, 0.1) is 0 Å². The second kappa shape index (κ2) is 8.51. The lowest BCUT2D eigenvalue weighted by molar-refractivity contribution is -0.149. The summed E-state index contributed by atoms with van der Waals surface area (Å²) in [5, 5.41) is 0.304. The van der Waals surface area contributed by atoms with E-state index in [9.17, 15) is 19.0 Å². The molecule has 120 valence electrons. The van der Waals surface area contributed by atoms with Crippen LogP contribution >= 0.6 is 7.37 Å². The second-order valence-electron chi connectivity index (χ2n) is 4.65. The number of esters is 2. The zero-order chi connectivity index (χ0) is 16.6. The van der Waals surface area contributed by atoms with E-state index in [1.165, 1.54) is 6.92 Å². The molecule has 7 heteroatoms. The van der Waals surface area contributed by atoms with Gasteiger partial charge in [-0.15, -0.1) is 0 Å². The van der Waals surface area contributed by atoms with Gasteiger partial charge in [-0.05, 0) is 19.1 Å². The highest BCUT2D eigenvalue weighted by Crippen LogP contribution is 2.39. The number of carbonyl (C=O) groups is 2. The predicted octanol–water partition coefficient (Wildman–Crippen LogP) is 1.63. The molecule has 0 spiro atoms. The third-order valence-corrected chi connectivity index (χ3v) is 4.64. The fraction of sp³-hybridized carbons (Fsp3) is 0.333. The lowest BCUT2D eigenvalue weighted by Crippen LogP contribution is -2.16. The Hall–Kier alpha value is -1.91. The first kappa shape index (κ1) is 18.1. The Kier molecular flexibility index (Phi) is 7.02. The molecular formula is C15H19O6P. The molecule has 1 unspecified atom stereocenters. The van der Waals surface area contributed by atoms with E-state index in [0.717, 1.165) is 0 Å². The van der Waals surface area contributed by atoms with Gasteiger partial charge in [-0.2, -0.15) is 0 Å². The third-order valence-electron chi connectivity index (χ3n) is 2.71. The maximum atomic E-state index is 12.1. The van der Waals surface area contributed by atoms with Crippen LogP contribution in [0.4, 0.5) is 0 Å². The molecule has 6 nitrogen and oxygen atoms in total. The van der Waals surface area contributed by atoms with Gasteiger partial charge in [0.2, 0.25) is 7.37 Å². The molecule has 0 aromatic heterocycles. The largest absolute Gasteiger partial charge is 0.462 e. The van der Waals surface area contributed by atoms with E-state index in [4.69, 9.17) is 9.47 Å². The molecule has 0 aliphatic carbocycles. The van der Waals surface area contributed by atoms with Gasteiger partial charge in [-0.25, -0.2) is 4.79 Å². The van der Waals surface area contributed by atoms with E-state index in [1.807, 2.05) is 0 Å². The number of benzene rings is 1. The minimum Gasteiger partial charge on any atom is -0.462 e. The molecule has 0 radical (unpaired) electrons. The van der Waals surface area contributed by atoms with Crippen LogP contribution in [-0.2, 0) is 23.6 Å². The second-order valence-corrected chi connectivity index (χ2v) is 7.01. The Bertz CT molecular complexity index is 581. The summed E-state index contributed by atoms with van der Waals surface area (Å²) >= 11 is 0. The van der Waals surface area contributed by atoms with Crippen molar-refractivity contribution in [3.8, 4) is 0 Å². The van der Waals surface area contributed by atoms with Gasteiger partial charge in [0, 0.05) is 17.0 Å². The zero-order valence-electron chi connectivity index (χ0n) is 12.4. The van der Waals surface area contributed by atoms with Crippen LogP contribution in [0.15, 0.2) is 42.5 Å². The number of rotatable bonds is 8. The van der Waals surface area contributed by atoms with Crippen molar-refractivity contribution in [2.45, 2.75) is 13.3 Å². The van der Waals surface area contributed by atoms with E-state index in [1.54, 1.807) is 30.3 Å². The van der Waals surface area contributed by atoms with Gasteiger partial charge in [0.15, 0.2) is 0 Å². The van der Waals surface area contributed by atoms with Crippen LogP contribution in [0.25, 0.3) is 0 Å². The molecule has 1 aromatic carbocycles. The Morgan fingerprint density at radius 3 is 2.36 bits per heavy atom. The minimum atomic E-state index is -3.56. The molecule has 1 N–H and O–H groups in total. The Balaban J connectivity index is 2.30. The van der Waals surface area contributed by atoms with Crippen LogP contribution in [0.5, 0.6) is 0 Å². The van der Waals surface area contributed by atoms with E-state index in [-0.39, 0.29) is 31.4 Å². The molecule has 0 saturated heterocycles. The summed E-state index contributed by atoms with van der Waals surface area (Å²) in [5.74, 6) is -1.17. The maximum absolute atomic E-state index is 12.1. The molecule has 0 bridgehead atoms. The zero-order valence-corrected chi connectivity index (χ0v) is 13.3. The Morgan fingerprint density at radius 2 is 1.77 bits per heavy atom. The van der Waals surface area contributed by atoms with Gasteiger partial charge < -0.3 is 14.4 Å². The van der Waals surface area contributed by atoms with Gasteiger partial charge in [-0.1, -0.05) is 24.8 Å². The van der Waals surface area contributed by atoms with Crippen LogP contribution in [-0.4, -0.2) is 36.2 Å². The monoisotopic (exact) mass is 326 g/mol. The topological polar surface area (TPSA) is 89.9 Å². The average molecular weight is 326 g/mol. The molecular weight excluding hydrogens is 307 g/mol. The van der Waals surface area contributed by atoms with E-state index in [2.05, 4.69) is 6.58 Å². The standard InChI is InChI=1S/C15H19O6P/c1-12(2)15(17)21-10-9-20-14(16)8-11-22(18,19)13-6-4-3-5-7-13/h3-7H,1,8-11H2,2H3,(H,18,19). The summed E-state index contributed by atoms with van der Waals surface area (Å²) in [6.45, 7) is 4.75. The van der Waals surface area contributed by atoms with Gasteiger partial charge in [-0.3, -0.25) is 9.36 Å². The summed E-state index contributed by atoms with van der Waals surface area (Å²) in [6.07, 6.45) is -0.376. The summed E-state index contributed by atoms with van der Waals surface area (Å²) in [6, 6.07) is 8.15. The highest BCUT2D eigenvalue weighted by molar-refractivity contribution is 7.66. The predicted molar refractivity (Wildman–Crippen MR) is 82.1 cm³/mol. The van der Waals surface area contributed by atoms with Crippen molar-refractivity contribution in [2.24, 2.45) is 0 Å². The first-order valence-electron chi connectivity index (χ1n) is 6.68. The molecule has 1 aromatic rings. The quantitative estimate of drug-likeness (QED) is 0.338. The number of carbonyl (C=O) groups excluding carboxylic acids is 2. The Morgan fingerprint density at radius 1 is 1.18 bits per heavy atom. The number of hydrogen-bond donors (Lipinski definition) is 1. The summed E-state index contributed by atoms with van der Waals surface area (Å²) in [7, 11) is -3.56. The molecule has 0 fully saturated rings. The van der Waals surface area contributed by atoms with Crippen molar-refractivity contribution >= 4 is 24.6 Å². The van der Waals surface area contributed by atoms with Crippen molar-refractivity contribution in [3.05, 3.63) is 42.5 Å². The van der Waals surface area contributed by atoms with Crippen molar-refractivity contribution in [3.63, 3.8) is 0 Å². The number of hydrogen-bond acceptors (Lipinski definition) is 5. The lowest BCUT2D eigenvalue weighted by atomic mass is 10.4. The van der Waals surface area contributed by atoms with Gasteiger partial charge in [0.1, 0.15) is 13.2 Å². The number of ether oxygens (including phenoxy) is 2. The molecule has 1 atom stereocenters. The average Bonchev–Trinajstić information content (AvgIpc) is 2.50. The van der Waals surface area contributed by atoms with Crippen molar-refractivity contribution < 1.29 is 28.5 Å². The molecule has 0 aliphatic heterocycles. The van der Waals surface area contributed by atoms with E-state index >= 15 is 0 Å². The summed E-state index contributed by atoms with van der Waals surface area (Å²) < 4.78 is 21.7. The minimum absolute atomic E-state index is 0.0765. The van der Waals surface area contributed by atoms with Crippen LogP contribution < -0.4 is 5.30 Å². The molecule has 0 aliphatic rings. The molecule has 0 amide bonds. The fourth-order valence-corrected chi connectivity index (χ4v) is 2.90. The van der Waals surface area contributed by atoms with Crippen LogP contribution in [0.1, 0.15) is 13.3 Å². The van der Waals surface area contributed by atoms with Crippen LogP contribution in [0.3, 0.4) is 0 Å². The summed E-state index contributed by atoms with van der Waals surface area (Å²) in [4.78, 5) is 32.5. The van der Waals surface area contributed by atoms with Gasteiger partial charge in [0.05, 0.1) is 6.42 Å². The summed E-state index contributed by atoms with van der Waals surface area (Å²) in [5.41, 5.74) is 0.260. The first-order valence-corrected chi connectivity index (χ1v) is 8.53. The highest BCUT2D eigenvalue weighted by Gasteiger charge is 2.22. The van der Waals surface area contributed by atoms with Crippen molar-refractivity contribution in [2.75, 3.05) is 19.4 Å². The van der Waals surface area contributed by atoms with Crippen molar-refractivity contribution in [1.29, 1.82) is 0 Å². The van der Waals surface area contributed by atoms with Crippen LogP contribution in [0.2, 0.25) is 0 Å². The third kappa shape index (κ3) is 6.24. The maximum Gasteiger partial charge on any atom is 0.333 e. The molecule has 22 heavy (non-hydrogen) atoms. The molecule has 0 saturated carbocycles. The lowest BCUT2D eigenvalue weighted by Gasteiger charge is -2.11. The van der Waals surface area contributed by atoms with E-state index in [0.29, 0.717) is 5.30 Å². The van der Waals surface area contributed by atoms with E-state index < -0.39 is 19.3 Å². The van der Waals surface area contributed by atoms with Gasteiger partial charge in [0.25, 0.3) is 0 Å². The fourth-order valence-electron chi connectivity index (χ4n) is 1.52. The molecule has 0 heterocycles. The van der Waals surface area contributed by atoms with Gasteiger partial charge >= 0.3 is 11.9 Å². The molecule has 1 rings (SSSR count). The highest BCUT2D eigenvalue weighted by atomic mass is 31.2. The van der Waals surface area contributed by atoms with Crippen molar-refractivity contribution in [1.82, 2.24) is 0 Å². The smallest absolute Gasteiger partial charge is 0.333 e. The first-order chi connectivity index (χ1) is 10.3. The SMILES string of the molecule is C=C(C)C(=O)OCCOC(=O)CCP(=O)(O)c1ccccc1. The Labute approximate surface area is 129 Å².